The second-order valence-corrected chi connectivity index (χ2v) is 4.55. The lowest BCUT2D eigenvalue weighted by Crippen LogP contribution is -2.38. The van der Waals surface area contributed by atoms with E-state index < -0.39 is 0 Å². The molecular weight excluding hydrogens is 224 g/mol. The van der Waals surface area contributed by atoms with Crippen molar-refractivity contribution in [1.82, 2.24) is 10.2 Å². The van der Waals surface area contributed by atoms with Crippen molar-refractivity contribution in [3.8, 4) is 0 Å². The lowest BCUT2D eigenvalue weighted by atomic mass is 10.1. The average Bonchev–Trinajstić information content (AvgIpc) is 2.42. The van der Waals surface area contributed by atoms with Gasteiger partial charge in [-0.05, 0) is 19.0 Å². The van der Waals surface area contributed by atoms with Gasteiger partial charge >= 0.3 is 0 Å². The van der Waals surface area contributed by atoms with Crippen LogP contribution in [0.3, 0.4) is 0 Å². The summed E-state index contributed by atoms with van der Waals surface area (Å²) in [6.07, 6.45) is 0. The highest BCUT2D eigenvalue weighted by Crippen LogP contribution is 2.08. The van der Waals surface area contributed by atoms with Crippen LogP contribution in [0.5, 0.6) is 0 Å². The number of carbonyl (C=O) groups excluding carboxylic acids is 1. The number of carbonyl (C=O) groups is 1. The van der Waals surface area contributed by atoms with Crippen LogP contribution in [0, 0.1) is 5.92 Å². The Morgan fingerprint density at radius 2 is 1.94 bits per heavy atom. The summed E-state index contributed by atoms with van der Waals surface area (Å²) in [5, 5.41) is 3.22. The van der Waals surface area contributed by atoms with Crippen LogP contribution in [0.15, 0.2) is 30.3 Å². The molecule has 1 N–H and O–H groups in total. The summed E-state index contributed by atoms with van der Waals surface area (Å²) in [4.78, 5) is 14.2. The lowest BCUT2D eigenvalue weighted by molar-refractivity contribution is -0.135. The van der Waals surface area contributed by atoms with Crippen LogP contribution < -0.4 is 5.32 Å². The second-order valence-electron chi connectivity index (χ2n) is 4.55. The van der Waals surface area contributed by atoms with Gasteiger partial charge in [0.05, 0.1) is 0 Å². The van der Waals surface area contributed by atoms with Crippen molar-refractivity contribution in [2.75, 3.05) is 19.6 Å². The molecule has 1 amide bonds. The number of nitrogens with one attached hydrogen (secondary N) is 1. The first-order valence-electron chi connectivity index (χ1n) is 6.72. The Balaban J connectivity index is 2.57. The van der Waals surface area contributed by atoms with Crippen LogP contribution in [0.25, 0.3) is 0 Å². The number of benzene rings is 1. The fraction of sp³-hybridized carbons (Fsp3) is 0.533. The lowest BCUT2D eigenvalue weighted by Gasteiger charge is -2.24. The quantitative estimate of drug-likeness (QED) is 0.803. The maximum absolute atomic E-state index is 12.3. The molecule has 1 aromatic carbocycles. The zero-order chi connectivity index (χ0) is 13.4. The van der Waals surface area contributed by atoms with Gasteiger partial charge in [-0.15, -0.1) is 0 Å². The minimum atomic E-state index is 0.0358. The fourth-order valence-electron chi connectivity index (χ4n) is 1.91. The molecule has 0 heterocycles. The topological polar surface area (TPSA) is 32.3 Å². The number of amides is 1. The molecule has 0 bridgehead atoms. The molecule has 3 nitrogen and oxygen atoms in total. The van der Waals surface area contributed by atoms with Gasteiger partial charge in [0, 0.05) is 25.6 Å². The molecule has 0 aliphatic rings. The Labute approximate surface area is 110 Å². The van der Waals surface area contributed by atoms with Gasteiger partial charge in [-0.2, -0.15) is 0 Å². The van der Waals surface area contributed by atoms with Crippen molar-refractivity contribution < 1.29 is 4.79 Å². The van der Waals surface area contributed by atoms with Gasteiger partial charge in [-0.25, -0.2) is 0 Å². The van der Waals surface area contributed by atoms with E-state index in [1.165, 1.54) is 5.56 Å². The van der Waals surface area contributed by atoms with E-state index in [0.29, 0.717) is 6.54 Å². The smallest absolute Gasteiger partial charge is 0.226 e. The van der Waals surface area contributed by atoms with E-state index in [9.17, 15) is 4.79 Å². The minimum absolute atomic E-state index is 0.0358. The summed E-state index contributed by atoms with van der Waals surface area (Å²) in [5.41, 5.74) is 1.18. The van der Waals surface area contributed by atoms with Crippen molar-refractivity contribution in [3.05, 3.63) is 35.9 Å². The van der Waals surface area contributed by atoms with Crippen molar-refractivity contribution in [2.24, 2.45) is 5.92 Å². The Bertz CT molecular complexity index is 351. The van der Waals surface area contributed by atoms with Crippen molar-refractivity contribution in [1.29, 1.82) is 0 Å². The molecule has 3 heteroatoms. The summed E-state index contributed by atoms with van der Waals surface area (Å²) >= 11 is 0. The molecule has 0 aliphatic heterocycles. The summed E-state index contributed by atoms with van der Waals surface area (Å²) in [7, 11) is 0. The van der Waals surface area contributed by atoms with Gasteiger partial charge in [0.15, 0.2) is 0 Å². The monoisotopic (exact) mass is 248 g/mol. The van der Waals surface area contributed by atoms with E-state index in [-0.39, 0.29) is 11.8 Å². The summed E-state index contributed by atoms with van der Waals surface area (Å²) in [5.74, 6) is 0.260. The van der Waals surface area contributed by atoms with E-state index in [2.05, 4.69) is 24.4 Å². The predicted molar refractivity (Wildman–Crippen MR) is 75.2 cm³/mol. The Morgan fingerprint density at radius 1 is 1.28 bits per heavy atom. The van der Waals surface area contributed by atoms with Gasteiger partial charge in [-0.3, -0.25) is 4.79 Å². The molecule has 0 saturated carbocycles. The first kappa shape index (κ1) is 14.7. The highest BCUT2D eigenvalue weighted by atomic mass is 16.2. The third kappa shape index (κ3) is 4.49. The van der Waals surface area contributed by atoms with E-state index in [0.717, 1.165) is 19.6 Å². The highest BCUT2D eigenvalue weighted by Gasteiger charge is 2.18. The number of nitrogens with zero attached hydrogens (tertiary/aromatic N) is 1. The number of hydrogen-bond acceptors (Lipinski definition) is 2. The van der Waals surface area contributed by atoms with Crippen LogP contribution >= 0.6 is 0 Å². The molecule has 0 spiro atoms. The Kier molecular flexibility index (Phi) is 6.44. The van der Waals surface area contributed by atoms with E-state index >= 15 is 0 Å². The summed E-state index contributed by atoms with van der Waals surface area (Å²) in [6.45, 7) is 9.18. The largest absolute Gasteiger partial charge is 0.338 e. The molecule has 0 radical (unpaired) electrons. The Morgan fingerprint density at radius 3 is 2.50 bits per heavy atom. The predicted octanol–water partition coefficient (Wildman–Crippen LogP) is 2.28. The van der Waals surface area contributed by atoms with Crippen molar-refractivity contribution in [3.63, 3.8) is 0 Å². The molecule has 1 aromatic rings. The van der Waals surface area contributed by atoms with Crippen LogP contribution in [0.2, 0.25) is 0 Å². The number of rotatable bonds is 7. The molecule has 100 valence electrons. The summed E-state index contributed by atoms with van der Waals surface area (Å²) in [6, 6.07) is 10.1. The second kappa shape index (κ2) is 7.88. The molecule has 0 fully saturated rings. The van der Waals surface area contributed by atoms with E-state index in [4.69, 9.17) is 0 Å². The average molecular weight is 248 g/mol. The zero-order valence-corrected chi connectivity index (χ0v) is 11.6. The molecule has 1 rings (SSSR count). The SMILES string of the molecule is CCNCC(C)C(=O)N(CC)Cc1ccccc1. The van der Waals surface area contributed by atoms with Crippen LogP contribution in [0.1, 0.15) is 26.3 Å². The third-order valence-electron chi connectivity index (χ3n) is 3.03. The standard InChI is InChI=1S/C15H24N2O/c1-4-16-11-13(3)15(18)17(5-2)12-14-9-7-6-8-10-14/h6-10,13,16H,4-5,11-12H2,1-3H3. The molecule has 0 aromatic heterocycles. The Hall–Kier alpha value is -1.35. The highest BCUT2D eigenvalue weighted by molar-refractivity contribution is 5.78. The summed E-state index contributed by atoms with van der Waals surface area (Å²) < 4.78 is 0. The molecule has 1 unspecified atom stereocenters. The molecular formula is C15H24N2O. The first-order valence-corrected chi connectivity index (χ1v) is 6.72. The van der Waals surface area contributed by atoms with Crippen molar-refractivity contribution >= 4 is 5.91 Å². The molecule has 0 aliphatic carbocycles. The normalized spacial score (nSPS) is 12.2. The third-order valence-corrected chi connectivity index (χ3v) is 3.03. The van der Waals surface area contributed by atoms with Gasteiger partial charge < -0.3 is 10.2 Å². The van der Waals surface area contributed by atoms with Gasteiger partial charge in [0.1, 0.15) is 0 Å². The minimum Gasteiger partial charge on any atom is -0.338 e. The fourth-order valence-corrected chi connectivity index (χ4v) is 1.91. The van der Waals surface area contributed by atoms with Crippen LogP contribution in [-0.2, 0) is 11.3 Å². The zero-order valence-electron chi connectivity index (χ0n) is 11.6. The molecule has 1 atom stereocenters. The van der Waals surface area contributed by atoms with E-state index in [1.54, 1.807) is 0 Å². The maximum Gasteiger partial charge on any atom is 0.226 e. The maximum atomic E-state index is 12.3. The van der Waals surface area contributed by atoms with Crippen molar-refractivity contribution in [2.45, 2.75) is 27.3 Å². The van der Waals surface area contributed by atoms with Gasteiger partial charge in [-0.1, -0.05) is 44.2 Å². The van der Waals surface area contributed by atoms with Gasteiger partial charge in [0.25, 0.3) is 0 Å². The van der Waals surface area contributed by atoms with Crippen LogP contribution in [0.4, 0.5) is 0 Å². The van der Waals surface area contributed by atoms with E-state index in [1.807, 2.05) is 36.9 Å². The van der Waals surface area contributed by atoms with Crippen LogP contribution in [-0.4, -0.2) is 30.4 Å². The molecule has 0 saturated heterocycles. The number of hydrogen-bond donors (Lipinski definition) is 1. The molecule has 18 heavy (non-hydrogen) atoms. The van der Waals surface area contributed by atoms with Gasteiger partial charge in [0.2, 0.25) is 5.91 Å². The first-order chi connectivity index (χ1) is 8.69.